The Morgan fingerprint density at radius 3 is 2.71 bits per heavy atom. The number of aromatic nitrogens is 2. The van der Waals surface area contributed by atoms with Crippen LogP contribution in [-0.4, -0.2) is 16.0 Å². The molecular formula is C12H12N4O. The van der Waals surface area contributed by atoms with Gasteiger partial charge < -0.3 is 5.32 Å². The number of nitrogens with zero attached hydrogens (tertiary/aromatic N) is 2. The molecule has 0 bridgehead atoms. The third kappa shape index (κ3) is 3.27. The Labute approximate surface area is 98.9 Å². The lowest BCUT2D eigenvalue weighted by Crippen LogP contribution is -2.20. The number of anilines is 2. The van der Waals surface area contributed by atoms with E-state index in [4.69, 9.17) is 0 Å². The van der Waals surface area contributed by atoms with Crippen LogP contribution in [0.25, 0.3) is 0 Å². The molecule has 2 heterocycles. The fraction of sp³-hybridized carbons (Fsp3) is 0.0833. The first kappa shape index (κ1) is 11.1. The van der Waals surface area contributed by atoms with Gasteiger partial charge in [-0.15, -0.1) is 0 Å². The van der Waals surface area contributed by atoms with Gasteiger partial charge in [-0.1, -0.05) is 6.07 Å². The van der Waals surface area contributed by atoms with Crippen molar-refractivity contribution < 1.29 is 4.79 Å². The highest BCUT2D eigenvalue weighted by atomic mass is 16.2. The summed E-state index contributed by atoms with van der Waals surface area (Å²) in [6.07, 6.45) is 3.26. The minimum Gasteiger partial charge on any atom is -0.308 e. The van der Waals surface area contributed by atoms with E-state index in [1.54, 1.807) is 42.7 Å². The third-order valence-electron chi connectivity index (χ3n) is 2.06. The molecule has 0 radical (unpaired) electrons. The van der Waals surface area contributed by atoms with E-state index in [2.05, 4.69) is 20.6 Å². The van der Waals surface area contributed by atoms with Crippen LogP contribution in [0.2, 0.25) is 0 Å². The number of carbonyl (C=O) groups is 1. The molecule has 0 saturated heterocycles. The molecule has 5 nitrogen and oxygen atoms in total. The maximum atomic E-state index is 11.6. The predicted molar refractivity (Wildman–Crippen MR) is 65.9 cm³/mol. The summed E-state index contributed by atoms with van der Waals surface area (Å²) < 4.78 is 0. The molecule has 0 aliphatic heterocycles. The van der Waals surface area contributed by atoms with Crippen LogP contribution in [0, 0.1) is 6.92 Å². The Balaban J connectivity index is 1.98. The summed E-state index contributed by atoms with van der Waals surface area (Å²) in [5, 5.41) is 5.33. The van der Waals surface area contributed by atoms with Crippen LogP contribution >= 0.6 is 0 Å². The lowest BCUT2D eigenvalue weighted by Gasteiger charge is -2.06. The molecule has 2 aromatic rings. The average Bonchev–Trinajstić information content (AvgIpc) is 2.30. The largest absolute Gasteiger partial charge is 0.324 e. The van der Waals surface area contributed by atoms with Gasteiger partial charge in [-0.2, -0.15) is 0 Å². The monoisotopic (exact) mass is 228 g/mol. The zero-order valence-electron chi connectivity index (χ0n) is 9.34. The first-order chi connectivity index (χ1) is 8.24. The smallest absolute Gasteiger partial charge is 0.308 e. The van der Waals surface area contributed by atoms with Crippen LogP contribution in [0.1, 0.15) is 5.69 Å². The highest BCUT2D eigenvalue weighted by Gasteiger charge is 2.02. The summed E-state index contributed by atoms with van der Waals surface area (Å²) in [5.74, 6) is 0.510. The number of nitrogens with one attached hydrogen (secondary N) is 2. The van der Waals surface area contributed by atoms with E-state index in [1.165, 1.54) is 0 Å². The van der Waals surface area contributed by atoms with Gasteiger partial charge in [0.1, 0.15) is 5.82 Å². The lowest BCUT2D eigenvalue weighted by atomic mass is 10.3. The van der Waals surface area contributed by atoms with Crippen LogP contribution in [0.5, 0.6) is 0 Å². The average molecular weight is 228 g/mol. The van der Waals surface area contributed by atoms with E-state index in [0.717, 1.165) is 5.69 Å². The number of hydrogen-bond donors (Lipinski definition) is 2. The van der Waals surface area contributed by atoms with Gasteiger partial charge in [0.05, 0.1) is 0 Å². The van der Waals surface area contributed by atoms with Crippen molar-refractivity contribution in [3.8, 4) is 0 Å². The molecule has 0 unspecified atom stereocenters. The van der Waals surface area contributed by atoms with E-state index in [1.807, 2.05) is 6.92 Å². The second-order valence-electron chi connectivity index (χ2n) is 3.48. The molecule has 86 valence electrons. The van der Waals surface area contributed by atoms with Crippen LogP contribution in [0.15, 0.2) is 42.7 Å². The van der Waals surface area contributed by atoms with Gasteiger partial charge >= 0.3 is 6.03 Å². The Bertz CT molecular complexity index is 513. The van der Waals surface area contributed by atoms with Gasteiger partial charge in [0.25, 0.3) is 0 Å². The van der Waals surface area contributed by atoms with Crippen LogP contribution < -0.4 is 10.6 Å². The van der Waals surface area contributed by atoms with E-state index >= 15 is 0 Å². The van der Waals surface area contributed by atoms with E-state index in [0.29, 0.717) is 11.5 Å². The molecular weight excluding hydrogens is 216 g/mol. The highest BCUT2D eigenvalue weighted by molar-refractivity contribution is 5.99. The molecule has 2 N–H and O–H groups in total. The number of aryl methyl sites for hydroxylation is 1. The minimum atomic E-state index is -0.325. The van der Waals surface area contributed by atoms with Gasteiger partial charge in [0, 0.05) is 23.8 Å². The van der Waals surface area contributed by atoms with Crippen molar-refractivity contribution in [3.05, 3.63) is 48.4 Å². The van der Waals surface area contributed by atoms with Gasteiger partial charge in [-0.05, 0) is 31.2 Å². The van der Waals surface area contributed by atoms with Gasteiger partial charge in [-0.3, -0.25) is 10.3 Å². The minimum absolute atomic E-state index is 0.325. The van der Waals surface area contributed by atoms with Crippen LogP contribution in [0.4, 0.5) is 16.3 Å². The van der Waals surface area contributed by atoms with Crippen molar-refractivity contribution in [2.75, 3.05) is 10.6 Å². The molecule has 2 rings (SSSR count). The van der Waals surface area contributed by atoms with Crippen molar-refractivity contribution >= 4 is 17.5 Å². The van der Waals surface area contributed by atoms with E-state index < -0.39 is 0 Å². The Hall–Kier alpha value is -2.43. The van der Waals surface area contributed by atoms with Crippen LogP contribution in [-0.2, 0) is 0 Å². The third-order valence-corrected chi connectivity index (χ3v) is 2.06. The van der Waals surface area contributed by atoms with Crippen molar-refractivity contribution in [2.24, 2.45) is 0 Å². The second kappa shape index (κ2) is 5.07. The van der Waals surface area contributed by atoms with Crippen molar-refractivity contribution in [3.63, 3.8) is 0 Å². The summed E-state index contributed by atoms with van der Waals surface area (Å²) in [4.78, 5) is 19.7. The standard InChI is InChI=1S/C12H12N4O/c1-9-8-10(5-7-13-9)15-12(17)16-11-4-2-3-6-14-11/h2-8H,1H3,(H2,13,14,15,16,17). The summed E-state index contributed by atoms with van der Waals surface area (Å²) in [7, 11) is 0. The Morgan fingerprint density at radius 2 is 2.00 bits per heavy atom. The number of amides is 2. The quantitative estimate of drug-likeness (QED) is 0.829. The Morgan fingerprint density at radius 1 is 1.12 bits per heavy atom. The molecule has 17 heavy (non-hydrogen) atoms. The zero-order chi connectivity index (χ0) is 12.1. The predicted octanol–water partition coefficient (Wildman–Crippen LogP) is 2.43. The molecule has 0 saturated carbocycles. The van der Waals surface area contributed by atoms with E-state index in [-0.39, 0.29) is 6.03 Å². The molecule has 0 aliphatic rings. The Kier molecular flexibility index (Phi) is 3.30. The van der Waals surface area contributed by atoms with Gasteiger partial charge in [-0.25, -0.2) is 9.78 Å². The normalized spacial score (nSPS) is 9.71. The van der Waals surface area contributed by atoms with Crippen molar-refractivity contribution in [1.29, 1.82) is 0 Å². The summed E-state index contributed by atoms with van der Waals surface area (Å²) in [5.41, 5.74) is 1.55. The summed E-state index contributed by atoms with van der Waals surface area (Å²) in [6, 6.07) is 8.50. The molecule has 0 fully saturated rings. The molecule has 0 aliphatic carbocycles. The number of carbonyl (C=O) groups excluding carboxylic acids is 1. The number of pyridine rings is 2. The fourth-order valence-electron chi connectivity index (χ4n) is 1.34. The van der Waals surface area contributed by atoms with E-state index in [9.17, 15) is 4.79 Å². The number of rotatable bonds is 2. The first-order valence-corrected chi connectivity index (χ1v) is 5.16. The van der Waals surface area contributed by atoms with Gasteiger partial charge in [0.2, 0.25) is 0 Å². The second-order valence-corrected chi connectivity index (χ2v) is 3.48. The highest BCUT2D eigenvalue weighted by Crippen LogP contribution is 2.08. The summed E-state index contributed by atoms with van der Waals surface area (Å²) in [6.45, 7) is 1.86. The van der Waals surface area contributed by atoms with Crippen molar-refractivity contribution in [1.82, 2.24) is 9.97 Å². The maximum absolute atomic E-state index is 11.6. The molecule has 0 atom stereocenters. The van der Waals surface area contributed by atoms with Gasteiger partial charge in [0.15, 0.2) is 0 Å². The molecule has 2 amide bonds. The topological polar surface area (TPSA) is 66.9 Å². The molecule has 0 aromatic carbocycles. The number of hydrogen-bond acceptors (Lipinski definition) is 3. The summed E-state index contributed by atoms with van der Waals surface area (Å²) >= 11 is 0. The molecule has 2 aromatic heterocycles. The molecule has 5 heteroatoms. The van der Waals surface area contributed by atoms with Crippen LogP contribution in [0.3, 0.4) is 0 Å². The SMILES string of the molecule is Cc1cc(NC(=O)Nc2ccccn2)ccn1. The lowest BCUT2D eigenvalue weighted by molar-refractivity contribution is 0.262. The maximum Gasteiger partial charge on any atom is 0.324 e. The fourth-order valence-corrected chi connectivity index (χ4v) is 1.34. The molecule has 0 spiro atoms. The van der Waals surface area contributed by atoms with Crippen molar-refractivity contribution in [2.45, 2.75) is 6.92 Å². The first-order valence-electron chi connectivity index (χ1n) is 5.16. The number of urea groups is 1. The zero-order valence-corrected chi connectivity index (χ0v) is 9.34.